The molecule has 9 nitrogen and oxygen atoms in total. The lowest BCUT2D eigenvalue weighted by atomic mass is 9.96. The molecule has 30 heavy (non-hydrogen) atoms. The number of aliphatic imine (C=N–C) groups is 1. The number of primary amides is 1. The molecule has 0 aliphatic carbocycles. The average Bonchev–Trinajstić information content (AvgIpc) is 3.31. The number of nitrogens with two attached hydrogens (primary N) is 1. The summed E-state index contributed by atoms with van der Waals surface area (Å²) in [7, 11) is 0. The Morgan fingerprint density at radius 2 is 1.93 bits per heavy atom. The van der Waals surface area contributed by atoms with Crippen molar-refractivity contribution < 1.29 is 9.59 Å². The molecule has 2 saturated heterocycles. The third-order valence-corrected chi connectivity index (χ3v) is 5.68. The molecule has 2 aliphatic heterocycles. The highest BCUT2D eigenvalue weighted by atomic mass is 16.2. The van der Waals surface area contributed by atoms with Crippen LogP contribution in [-0.2, 0) is 16.1 Å². The van der Waals surface area contributed by atoms with Gasteiger partial charge in [-0.05, 0) is 38.7 Å². The van der Waals surface area contributed by atoms with Crippen molar-refractivity contribution >= 4 is 23.6 Å². The Morgan fingerprint density at radius 1 is 1.20 bits per heavy atom. The summed E-state index contributed by atoms with van der Waals surface area (Å²) in [6.07, 6.45) is 5.44. The molecule has 2 fully saturated rings. The van der Waals surface area contributed by atoms with E-state index in [0.29, 0.717) is 19.0 Å². The minimum absolute atomic E-state index is 0.0517. The molecule has 0 saturated carbocycles. The minimum Gasteiger partial charge on any atom is -0.369 e. The Hall–Kier alpha value is -2.84. The van der Waals surface area contributed by atoms with E-state index in [9.17, 15) is 9.59 Å². The molecule has 4 N–H and O–H groups in total. The highest BCUT2D eigenvalue weighted by molar-refractivity contribution is 5.86. The number of aromatic nitrogens is 1. The number of piperidine rings is 1. The number of carbonyl (C=O) groups excluding carboxylic acids is 2. The molecule has 0 spiro atoms. The van der Waals surface area contributed by atoms with Crippen molar-refractivity contribution in [1.29, 1.82) is 0 Å². The first-order valence-electron chi connectivity index (χ1n) is 10.9. The number of amides is 2. The topological polar surface area (TPSA) is 116 Å². The van der Waals surface area contributed by atoms with E-state index in [4.69, 9.17) is 5.73 Å². The normalized spacial score (nSPS) is 17.8. The third kappa shape index (κ3) is 5.84. The molecule has 0 radical (unpaired) electrons. The first-order valence-corrected chi connectivity index (χ1v) is 10.9. The zero-order chi connectivity index (χ0) is 21.3. The summed E-state index contributed by atoms with van der Waals surface area (Å²) >= 11 is 0. The van der Waals surface area contributed by atoms with Crippen molar-refractivity contribution in [2.24, 2.45) is 16.6 Å². The second-order valence-corrected chi connectivity index (χ2v) is 7.79. The zero-order valence-corrected chi connectivity index (χ0v) is 17.8. The molecule has 0 unspecified atom stereocenters. The summed E-state index contributed by atoms with van der Waals surface area (Å²) in [5, 5.41) is 6.35. The van der Waals surface area contributed by atoms with Gasteiger partial charge in [-0.15, -0.1) is 0 Å². The van der Waals surface area contributed by atoms with Crippen molar-refractivity contribution in [2.45, 2.75) is 39.2 Å². The zero-order valence-electron chi connectivity index (χ0n) is 17.8. The number of pyridine rings is 1. The van der Waals surface area contributed by atoms with Crippen LogP contribution in [0.2, 0.25) is 0 Å². The molecular formula is C21H33N7O2. The molecule has 164 valence electrons. The summed E-state index contributed by atoms with van der Waals surface area (Å²) in [5.41, 5.74) is 6.46. The minimum atomic E-state index is -0.217. The number of nitrogens with one attached hydrogen (secondary N) is 2. The highest BCUT2D eigenvalue weighted by Crippen LogP contribution is 2.24. The molecule has 0 bridgehead atoms. The van der Waals surface area contributed by atoms with Gasteiger partial charge in [0, 0.05) is 50.4 Å². The smallest absolute Gasteiger partial charge is 0.241 e. The fourth-order valence-corrected chi connectivity index (χ4v) is 3.96. The van der Waals surface area contributed by atoms with Gasteiger partial charge in [0.15, 0.2) is 5.96 Å². The third-order valence-electron chi connectivity index (χ3n) is 5.68. The number of hydrogen-bond acceptors (Lipinski definition) is 5. The van der Waals surface area contributed by atoms with Gasteiger partial charge in [0.05, 0.1) is 13.1 Å². The number of carbonyl (C=O) groups is 2. The molecule has 1 aromatic rings. The van der Waals surface area contributed by atoms with Gasteiger partial charge in [-0.2, -0.15) is 0 Å². The number of nitrogens with zero attached hydrogens (tertiary/aromatic N) is 4. The Kier molecular flexibility index (Phi) is 7.87. The van der Waals surface area contributed by atoms with Crippen LogP contribution in [0.3, 0.4) is 0 Å². The van der Waals surface area contributed by atoms with Crippen LogP contribution < -0.4 is 21.3 Å². The van der Waals surface area contributed by atoms with Crippen molar-refractivity contribution in [3.05, 3.63) is 23.9 Å². The van der Waals surface area contributed by atoms with E-state index in [1.165, 1.54) is 0 Å². The van der Waals surface area contributed by atoms with Crippen molar-refractivity contribution in [1.82, 2.24) is 20.5 Å². The lowest BCUT2D eigenvalue weighted by Gasteiger charge is -2.32. The van der Waals surface area contributed by atoms with Crippen molar-refractivity contribution in [3.63, 3.8) is 0 Å². The second kappa shape index (κ2) is 10.8. The Balaban J connectivity index is 1.61. The van der Waals surface area contributed by atoms with Crippen molar-refractivity contribution in [2.75, 3.05) is 44.2 Å². The first-order chi connectivity index (χ1) is 14.6. The van der Waals surface area contributed by atoms with Crippen LogP contribution in [0.1, 0.15) is 38.2 Å². The standard InChI is InChI=1S/C21H33N7O2/c1-2-23-21(26-15-18(29)27-10-3-4-11-27)25-14-17-6-5-9-24-20(17)28-12-7-16(8-13-28)19(22)30/h5-6,9,16H,2-4,7-8,10-15H2,1H3,(H2,22,30)(H2,23,25,26). The van der Waals surface area contributed by atoms with Gasteiger partial charge in [0.2, 0.25) is 11.8 Å². The lowest BCUT2D eigenvalue weighted by Crippen LogP contribution is -2.44. The number of anilines is 1. The first kappa shape index (κ1) is 21.9. The van der Waals surface area contributed by atoms with Crippen LogP contribution in [-0.4, -0.2) is 66.9 Å². The molecule has 0 aromatic carbocycles. The summed E-state index contributed by atoms with van der Waals surface area (Å²) in [5.74, 6) is 1.35. The lowest BCUT2D eigenvalue weighted by molar-refractivity contribution is -0.129. The van der Waals surface area contributed by atoms with Crippen LogP contribution >= 0.6 is 0 Å². The molecule has 3 heterocycles. The quantitative estimate of drug-likeness (QED) is 0.440. The molecule has 1 aromatic heterocycles. The van der Waals surface area contributed by atoms with Gasteiger partial charge in [-0.3, -0.25) is 9.59 Å². The molecule has 0 atom stereocenters. The van der Waals surface area contributed by atoms with E-state index in [1.54, 1.807) is 6.20 Å². The Labute approximate surface area is 178 Å². The van der Waals surface area contributed by atoms with Crippen LogP contribution in [0.4, 0.5) is 5.82 Å². The van der Waals surface area contributed by atoms with Crippen LogP contribution in [0.25, 0.3) is 0 Å². The molecule has 9 heteroatoms. The number of guanidine groups is 1. The molecular weight excluding hydrogens is 382 g/mol. The molecule has 3 rings (SSSR count). The maximum absolute atomic E-state index is 12.3. The van der Waals surface area contributed by atoms with E-state index < -0.39 is 0 Å². The van der Waals surface area contributed by atoms with Crippen molar-refractivity contribution in [3.8, 4) is 0 Å². The summed E-state index contributed by atoms with van der Waals surface area (Å²) < 4.78 is 0. The van der Waals surface area contributed by atoms with Gasteiger partial charge in [0.25, 0.3) is 0 Å². The van der Waals surface area contributed by atoms with E-state index in [1.807, 2.05) is 24.0 Å². The summed E-state index contributed by atoms with van der Waals surface area (Å²) in [4.78, 5) is 37.0. The fraction of sp³-hybridized carbons (Fsp3) is 0.619. The monoisotopic (exact) mass is 415 g/mol. The largest absolute Gasteiger partial charge is 0.369 e. The summed E-state index contributed by atoms with van der Waals surface area (Å²) in [6.45, 7) is 6.61. The van der Waals surface area contributed by atoms with Crippen LogP contribution in [0.5, 0.6) is 0 Å². The van der Waals surface area contributed by atoms with E-state index in [0.717, 1.165) is 63.2 Å². The predicted molar refractivity (Wildman–Crippen MR) is 117 cm³/mol. The van der Waals surface area contributed by atoms with Gasteiger partial charge in [0.1, 0.15) is 5.82 Å². The fourth-order valence-electron chi connectivity index (χ4n) is 3.96. The SMILES string of the molecule is CCNC(=NCc1cccnc1N1CCC(C(N)=O)CC1)NCC(=O)N1CCCC1. The van der Waals surface area contributed by atoms with Gasteiger partial charge in [-0.1, -0.05) is 6.07 Å². The second-order valence-electron chi connectivity index (χ2n) is 7.79. The number of hydrogen-bond donors (Lipinski definition) is 3. The number of rotatable bonds is 7. The average molecular weight is 416 g/mol. The predicted octanol–water partition coefficient (Wildman–Crippen LogP) is 0.461. The Morgan fingerprint density at radius 3 is 2.60 bits per heavy atom. The van der Waals surface area contributed by atoms with Gasteiger partial charge in [-0.25, -0.2) is 9.98 Å². The highest BCUT2D eigenvalue weighted by Gasteiger charge is 2.25. The Bertz CT molecular complexity index is 753. The van der Waals surface area contributed by atoms with Crippen LogP contribution in [0, 0.1) is 5.92 Å². The summed E-state index contributed by atoms with van der Waals surface area (Å²) in [6, 6.07) is 3.92. The van der Waals surface area contributed by atoms with E-state index in [2.05, 4.69) is 25.5 Å². The maximum Gasteiger partial charge on any atom is 0.241 e. The van der Waals surface area contributed by atoms with E-state index in [-0.39, 0.29) is 24.3 Å². The van der Waals surface area contributed by atoms with Gasteiger partial charge >= 0.3 is 0 Å². The molecule has 2 amide bonds. The van der Waals surface area contributed by atoms with Crippen LogP contribution in [0.15, 0.2) is 23.3 Å². The number of likely N-dealkylation sites (tertiary alicyclic amines) is 1. The van der Waals surface area contributed by atoms with Gasteiger partial charge < -0.3 is 26.2 Å². The van der Waals surface area contributed by atoms with E-state index >= 15 is 0 Å². The maximum atomic E-state index is 12.3. The molecule has 2 aliphatic rings.